The standard InChI is InChI=1S/C21H20FN3OS/c1-26-16-11-6-9-14(22)18(16)19-20(23-13-7-2-3-8-13)25-15-10-4-5-12-17(15)27-21(25)24-19/h4-6,9-13,23H,2-3,7-8H2,1H3. The second kappa shape index (κ2) is 6.53. The third kappa shape index (κ3) is 2.67. The molecule has 1 N–H and O–H groups in total. The van der Waals surface area contributed by atoms with Gasteiger partial charge in [-0.05, 0) is 37.1 Å². The van der Waals surface area contributed by atoms with Crippen LogP contribution in [0.25, 0.3) is 26.4 Å². The predicted octanol–water partition coefficient (Wildman–Crippen LogP) is 5.72. The van der Waals surface area contributed by atoms with Gasteiger partial charge in [0.2, 0.25) is 0 Å². The van der Waals surface area contributed by atoms with Crippen molar-refractivity contribution in [2.45, 2.75) is 31.7 Å². The third-order valence-corrected chi connectivity index (χ3v) is 6.30. The molecular weight excluding hydrogens is 361 g/mol. The maximum atomic E-state index is 14.8. The molecule has 2 aromatic carbocycles. The lowest BCUT2D eigenvalue weighted by Gasteiger charge is -2.16. The zero-order valence-electron chi connectivity index (χ0n) is 15.0. The van der Waals surface area contributed by atoms with Crippen molar-refractivity contribution in [2.24, 2.45) is 0 Å². The monoisotopic (exact) mass is 381 g/mol. The number of nitrogens with zero attached hydrogens (tertiary/aromatic N) is 2. The highest BCUT2D eigenvalue weighted by atomic mass is 32.1. The Hall–Kier alpha value is -2.60. The number of imidazole rings is 1. The molecule has 0 atom stereocenters. The Bertz CT molecular complexity index is 1130. The Morgan fingerprint density at radius 2 is 1.96 bits per heavy atom. The number of halogens is 1. The second-order valence-electron chi connectivity index (χ2n) is 6.94. The fraction of sp³-hybridized carbons (Fsp3) is 0.286. The molecule has 138 valence electrons. The number of ether oxygens (including phenoxy) is 1. The number of benzene rings is 2. The van der Waals surface area contributed by atoms with Crippen molar-refractivity contribution < 1.29 is 9.13 Å². The van der Waals surface area contributed by atoms with Gasteiger partial charge in [0.1, 0.15) is 23.1 Å². The largest absolute Gasteiger partial charge is 0.496 e. The highest BCUT2D eigenvalue weighted by Crippen LogP contribution is 2.41. The van der Waals surface area contributed by atoms with Gasteiger partial charge in [0.25, 0.3) is 0 Å². The Morgan fingerprint density at radius 1 is 1.15 bits per heavy atom. The van der Waals surface area contributed by atoms with Gasteiger partial charge >= 0.3 is 0 Å². The summed E-state index contributed by atoms with van der Waals surface area (Å²) in [4.78, 5) is 5.69. The summed E-state index contributed by atoms with van der Waals surface area (Å²) in [6, 6.07) is 13.5. The summed E-state index contributed by atoms with van der Waals surface area (Å²) in [6.45, 7) is 0. The molecule has 1 saturated carbocycles. The van der Waals surface area contributed by atoms with Crippen molar-refractivity contribution >= 4 is 32.3 Å². The zero-order chi connectivity index (χ0) is 18.4. The average molecular weight is 381 g/mol. The summed E-state index contributed by atoms with van der Waals surface area (Å²) < 4.78 is 23.6. The van der Waals surface area contributed by atoms with E-state index in [9.17, 15) is 4.39 Å². The summed E-state index contributed by atoms with van der Waals surface area (Å²) in [5.41, 5.74) is 2.13. The molecule has 1 aliphatic carbocycles. The number of hydrogen-bond donors (Lipinski definition) is 1. The molecule has 2 aromatic heterocycles. The molecule has 0 saturated heterocycles. The maximum Gasteiger partial charge on any atom is 0.197 e. The smallest absolute Gasteiger partial charge is 0.197 e. The van der Waals surface area contributed by atoms with Crippen LogP contribution in [0.15, 0.2) is 42.5 Å². The van der Waals surface area contributed by atoms with E-state index < -0.39 is 0 Å². The predicted molar refractivity (Wildman–Crippen MR) is 108 cm³/mol. The number of fused-ring (bicyclic) bond motifs is 3. The minimum Gasteiger partial charge on any atom is -0.496 e. The molecule has 4 aromatic rings. The van der Waals surface area contributed by atoms with E-state index in [2.05, 4.69) is 21.9 Å². The van der Waals surface area contributed by atoms with E-state index in [0.717, 1.165) is 29.1 Å². The van der Waals surface area contributed by atoms with Gasteiger partial charge in [0.15, 0.2) is 4.96 Å². The molecule has 0 spiro atoms. The van der Waals surface area contributed by atoms with Crippen LogP contribution in [0.5, 0.6) is 5.75 Å². The third-order valence-electron chi connectivity index (χ3n) is 5.28. The fourth-order valence-corrected chi connectivity index (χ4v) is 5.02. The molecule has 1 aliphatic rings. The first kappa shape index (κ1) is 16.6. The van der Waals surface area contributed by atoms with E-state index in [-0.39, 0.29) is 5.82 Å². The average Bonchev–Trinajstić information content (AvgIpc) is 3.38. The summed E-state index contributed by atoms with van der Waals surface area (Å²) in [7, 11) is 1.57. The molecule has 27 heavy (non-hydrogen) atoms. The van der Waals surface area contributed by atoms with Crippen LogP contribution in [0, 0.1) is 5.82 Å². The first-order valence-electron chi connectivity index (χ1n) is 9.25. The van der Waals surface area contributed by atoms with E-state index >= 15 is 0 Å². The second-order valence-corrected chi connectivity index (χ2v) is 7.95. The lowest BCUT2D eigenvalue weighted by Crippen LogP contribution is -2.16. The summed E-state index contributed by atoms with van der Waals surface area (Å²) in [5.74, 6) is 1.04. The molecule has 0 aliphatic heterocycles. The number of anilines is 1. The molecule has 2 heterocycles. The molecule has 4 nitrogen and oxygen atoms in total. The Labute approximate surface area is 160 Å². The molecule has 0 amide bonds. The van der Waals surface area contributed by atoms with Gasteiger partial charge in [-0.3, -0.25) is 4.40 Å². The molecule has 0 bridgehead atoms. The van der Waals surface area contributed by atoms with E-state index in [1.165, 1.54) is 23.6 Å². The van der Waals surface area contributed by atoms with Crippen LogP contribution < -0.4 is 10.1 Å². The number of hydrogen-bond acceptors (Lipinski definition) is 4. The number of aromatic nitrogens is 2. The van der Waals surface area contributed by atoms with Crippen LogP contribution in [-0.4, -0.2) is 22.5 Å². The summed E-state index contributed by atoms with van der Waals surface area (Å²) in [6.07, 6.45) is 4.71. The molecule has 0 unspecified atom stereocenters. The number of para-hydroxylation sites is 1. The van der Waals surface area contributed by atoms with Crippen LogP contribution >= 0.6 is 11.3 Å². The summed E-state index contributed by atoms with van der Waals surface area (Å²) in [5, 5.41) is 3.67. The Morgan fingerprint density at radius 3 is 2.78 bits per heavy atom. The minimum absolute atomic E-state index is 0.320. The van der Waals surface area contributed by atoms with E-state index in [1.54, 1.807) is 30.6 Å². The van der Waals surface area contributed by atoms with Crippen LogP contribution in [0.1, 0.15) is 25.7 Å². The van der Waals surface area contributed by atoms with Gasteiger partial charge in [-0.1, -0.05) is 42.4 Å². The molecular formula is C21H20FN3OS. The normalized spacial score (nSPS) is 15.0. The van der Waals surface area contributed by atoms with Gasteiger partial charge in [-0.2, -0.15) is 0 Å². The molecule has 1 fully saturated rings. The van der Waals surface area contributed by atoms with Crippen molar-refractivity contribution in [3.05, 3.63) is 48.3 Å². The topological polar surface area (TPSA) is 38.6 Å². The van der Waals surface area contributed by atoms with Gasteiger partial charge < -0.3 is 10.1 Å². The SMILES string of the molecule is COc1cccc(F)c1-c1nc2sc3ccccc3n2c1NC1CCCC1. The molecule has 5 rings (SSSR count). The number of methoxy groups -OCH3 is 1. The van der Waals surface area contributed by atoms with Crippen LogP contribution in [0.4, 0.5) is 10.2 Å². The first-order chi connectivity index (χ1) is 13.3. The van der Waals surface area contributed by atoms with Crippen molar-refractivity contribution in [1.82, 2.24) is 9.38 Å². The number of rotatable bonds is 4. The number of thiazole rings is 1. The van der Waals surface area contributed by atoms with Crippen LogP contribution in [0.2, 0.25) is 0 Å². The van der Waals surface area contributed by atoms with Gasteiger partial charge in [0.05, 0.1) is 22.9 Å². The minimum atomic E-state index is -0.320. The molecule has 6 heteroatoms. The van der Waals surface area contributed by atoms with Crippen molar-refractivity contribution in [3.63, 3.8) is 0 Å². The van der Waals surface area contributed by atoms with Crippen LogP contribution in [0.3, 0.4) is 0 Å². The molecule has 0 radical (unpaired) electrons. The van der Waals surface area contributed by atoms with Crippen molar-refractivity contribution in [3.8, 4) is 17.0 Å². The quantitative estimate of drug-likeness (QED) is 0.491. The highest BCUT2D eigenvalue weighted by molar-refractivity contribution is 7.23. The van der Waals surface area contributed by atoms with Gasteiger partial charge in [0, 0.05) is 6.04 Å². The Balaban J connectivity index is 1.79. The van der Waals surface area contributed by atoms with Gasteiger partial charge in [-0.25, -0.2) is 9.37 Å². The lowest BCUT2D eigenvalue weighted by molar-refractivity contribution is 0.413. The van der Waals surface area contributed by atoms with E-state index in [0.29, 0.717) is 23.0 Å². The Kier molecular flexibility index (Phi) is 4.01. The van der Waals surface area contributed by atoms with Gasteiger partial charge in [-0.15, -0.1) is 0 Å². The van der Waals surface area contributed by atoms with E-state index in [1.807, 2.05) is 12.1 Å². The van der Waals surface area contributed by atoms with E-state index in [4.69, 9.17) is 9.72 Å². The summed E-state index contributed by atoms with van der Waals surface area (Å²) >= 11 is 1.62. The number of nitrogens with one attached hydrogen (secondary N) is 1. The fourth-order valence-electron chi connectivity index (χ4n) is 3.99. The van der Waals surface area contributed by atoms with Crippen molar-refractivity contribution in [2.75, 3.05) is 12.4 Å². The maximum absolute atomic E-state index is 14.8. The zero-order valence-corrected chi connectivity index (χ0v) is 15.9. The lowest BCUT2D eigenvalue weighted by atomic mass is 10.1. The first-order valence-corrected chi connectivity index (χ1v) is 10.1. The highest BCUT2D eigenvalue weighted by Gasteiger charge is 2.26. The van der Waals surface area contributed by atoms with Crippen molar-refractivity contribution in [1.29, 1.82) is 0 Å². The van der Waals surface area contributed by atoms with Crippen LogP contribution in [-0.2, 0) is 0 Å².